The van der Waals surface area contributed by atoms with Crippen LogP contribution in [-0.2, 0) is 19.3 Å². The van der Waals surface area contributed by atoms with Crippen LogP contribution in [0.4, 0.5) is 0 Å². The van der Waals surface area contributed by atoms with Crippen molar-refractivity contribution in [3.63, 3.8) is 0 Å². The summed E-state index contributed by atoms with van der Waals surface area (Å²) in [5.41, 5.74) is 0. The Kier molecular flexibility index (Phi) is 12.0. The van der Waals surface area contributed by atoms with Crippen molar-refractivity contribution in [1.82, 2.24) is 0 Å². The predicted molar refractivity (Wildman–Crippen MR) is 115 cm³/mol. The van der Waals surface area contributed by atoms with Gasteiger partial charge in [-0.15, -0.1) is 0 Å². The van der Waals surface area contributed by atoms with Gasteiger partial charge in [-0.1, -0.05) is 62.1 Å². The lowest BCUT2D eigenvalue weighted by atomic mass is 10.0. The normalized spacial score (nSPS) is 28.2. The number of hydrogen-bond acceptors (Lipinski definition) is 4. The summed E-state index contributed by atoms with van der Waals surface area (Å²) >= 11 is 0. The number of carboxylic acids is 1. The smallest absolute Gasteiger partial charge is 0.306 e. The third-order valence-electron chi connectivity index (χ3n) is 5.60. The first-order valence-corrected chi connectivity index (χ1v) is 11.3. The van der Waals surface area contributed by atoms with Crippen LogP contribution in [0.5, 0.6) is 0 Å². The van der Waals surface area contributed by atoms with Gasteiger partial charge in [0.2, 0.25) is 0 Å². The fourth-order valence-corrected chi connectivity index (χ4v) is 3.97. The van der Waals surface area contributed by atoms with Gasteiger partial charge in [0.15, 0.2) is 0 Å². The van der Waals surface area contributed by atoms with Crippen LogP contribution in [0, 0.1) is 0 Å². The first kappa shape index (κ1) is 23.8. The van der Waals surface area contributed by atoms with Crippen LogP contribution < -0.4 is 0 Å². The number of unbranched alkanes of at least 4 members (excludes halogenated alkanes) is 5. The van der Waals surface area contributed by atoms with Crippen LogP contribution in [0.25, 0.3) is 0 Å². The van der Waals surface area contributed by atoms with Gasteiger partial charge in [0, 0.05) is 0 Å². The average molecular weight is 407 g/mol. The van der Waals surface area contributed by atoms with Crippen LogP contribution in [0.15, 0.2) is 36.5 Å². The van der Waals surface area contributed by atoms with Gasteiger partial charge >= 0.3 is 5.97 Å². The molecule has 164 valence electrons. The zero-order valence-electron chi connectivity index (χ0n) is 17.8. The lowest BCUT2D eigenvalue weighted by molar-refractivity contribution is -0.385. The SMILES string of the molecule is C/C=C/C=C/C=C/CCCCCCC[C@H]1CC[C@H]([C@@H]2CC[C@@H](CC(=O)O)OO2)O1. The molecule has 0 aromatic carbocycles. The van der Waals surface area contributed by atoms with E-state index in [9.17, 15) is 4.79 Å². The van der Waals surface area contributed by atoms with E-state index in [1.807, 2.05) is 19.1 Å². The molecule has 0 saturated carbocycles. The van der Waals surface area contributed by atoms with Crippen molar-refractivity contribution < 1.29 is 24.4 Å². The monoisotopic (exact) mass is 406 g/mol. The van der Waals surface area contributed by atoms with E-state index >= 15 is 0 Å². The van der Waals surface area contributed by atoms with Crippen molar-refractivity contribution in [2.75, 3.05) is 0 Å². The number of aliphatic carboxylic acids is 1. The zero-order chi connectivity index (χ0) is 20.7. The van der Waals surface area contributed by atoms with Gasteiger partial charge in [-0.2, -0.15) is 0 Å². The van der Waals surface area contributed by atoms with Gasteiger partial charge in [-0.25, -0.2) is 9.78 Å². The van der Waals surface area contributed by atoms with E-state index in [0.29, 0.717) is 6.10 Å². The fourth-order valence-electron chi connectivity index (χ4n) is 3.97. The summed E-state index contributed by atoms with van der Waals surface area (Å²) in [6.07, 6.45) is 24.9. The molecule has 2 heterocycles. The number of ether oxygens (including phenoxy) is 1. The molecule has 0 unspecified atom stereocenters. The van der Waals surface area contributed by atoms with E-state index in [-0.39, 0.29) is 24.7 Å². The van der Waals surface area contributed by atoms with Crippen molar-refractivity contribution in [2.45, 2.75) is 108 Å². The molecule has 0 spiro atoms. The fraction of sp³-hybridized carbons (Fsp3) is 0.708. The maximum Gasteiger partial charge on any atom is 0.306 e. The standard InChI is InChI=1S/C24H38O5/c1-2-3-4-5-6-7-8-9-10-11-12-13-14-20-15-17-22(27-20)23-18-16-21(28-29-23)19-24(25)26/h2-7,20-23H,8-19H2,1H3,(H,25,26)/b3-2+,5-4+,7-6+/t20-,21-,22+,23-/m0/s1. The summed E-state index contributed by atoms with van der Waals surface area (Å²) in [6, 6.07) is 0. The first-order chi connectivity index (χ1) is 14.2. The second-order valence-corrected chi connectivity index (χ2v) is 8.09. The van der Waals surface area contributed by atoms with Crippen molar-refractivity contribution >= 4 is 5.97 Å². The molecule has 0 aromatic heterocycles. The Hall–Kier alpha value is -1.43. The molecular formula is C24H38O5. The molecule has 0 radical (unpaired) electrons. The van der Waals surface area contributed by atoms with Gasteiger partial charge in [0.05, 0.1) is 18.6 Å². The quantitative estimate of drug-likeness (QED) is 0.234. The van der Waals surface area contributed by atoms with E-state index in [1.165, 1.54) is 32.1 Å². The molecular weight excluding hydrogens is 368 g/mol. The van der Waals surface area contributed by atoms with E-state index in [1.54, 1.807) is 0 Å². The molecule has 2 rings (SSSR count). The van der Waals surface area contributed by atoms with E-state index in [2.05, 4.69) is 24.3 Å². The summed E-state index contributed by atoms with van der Waals surface area (Å²) < 4.78 is 6.18. The van der Waals surface area contributed by atoms with Crippen LogP contribution in [-0.4, -0.2) is 35.5 Å². The Balaban J connectivity index is 1.45. The molecule has 1 N–H and O–H groups in total. The summed E-state index contributed by atoms with van der Waals surface area (Å²) in [7, 11) is 0. The maximum atomic E-state index is 10.7. The highest BCUT2D eigenvalue weighted by Crippen LogP contribution is 2.31. The molecule has 0 bridgehead atoms. The second kappa shape index (κ2) is 14.5. The van der Waals surface area contributed by atoms with Crippen molar-refractivity contribution in [3.05, 3.63) is 36.5 Å². The van der Waals surface area contributed by atoms with Gasteiger partial charge in [-0.3, -0.25) is 4.79 Å². The molecule has 2 saturated heterocycles. The van der Waals surface area contributed by atoms with Gasteiger partial charge in [0.1, 0.15) is 12.2 Å². The highest BCUT2D eigenvalue weighted by atomic mass is 17.2. The number of rotatable bonds is 13. The third-order valence-corrected chi connectivity index (χ3v) is 5.60. The zero-order valence-corrected chi connectivity index (χ0v) is 17.8. The van der Waals surface area contributed by atoms with Crippen LogP contribution in [0.1, 0.15) is 84.0 Å². The van der Waals surface area contributed by atoms with E-state index in [0.717, 1.165) is 38.5 Å². The third kappa shape index (κ3) is 10.2. The van der Waals surface area contributed by atoms with E-state index < -0.39 is 5.97 Å². The summed E-state index contributed by atoms with van der Waals surface area (Å²) in [4.78, 5) is 21.4. The lowest BCUT2D eigenvalue weighted by Crippen LogP contribution is -2.37. The van der Waals surface area contributed by atoms with Crippen molar-refractivity contribution in [3.8, 4) is 0 Å². The van der Waals surface area contributed by atoms with Crippen LogP contribution in [0.2, 0.25) is 0 Å². The Morgan fingerprint density at radius 1 is 0.862 bits per heavy atom. The lowest BCUT2D eigenvalue weighted by Gasteiger charge is -2.30. The summed E-state index contributed by atoms with van der Waals surface area (Å²) in [5, 5.41) is 8.82. The molecule has 5 heteroatoms. The largest absolute Gasteiger partial charge is 0.481 e. The molecule has 0 aromatic rings. The Labute approximate surface area is 175 Å². The topological polar surface area (TPSA) is 65.0 Å². The number of carboxylic acid groups (broad SMARTS) is 1. The minimum absolute atomic E-state index is 0.00472. The first-order valence-electron chi connectivity index (χ1n) is 11.3. The molecule has 2 aliphatic heterocycles. The predicted octanol–water partition coefficient (Wildman–Crippen LogP) is 5.91. The molecule has 2 aliphatic rings. The van der Waals surface area contributed by atoms with E-state index in [4.69, 9.17) is 19.6 Å². The number of hydrogen-bond donors (Lipinski definition) is 1. The summed E-state index contributed by atoms with van der Waals surface area (Å²) in [5.74, 6) is -0.845. The van der Waals surface area contributed by atoms with Crippen LogP contribution in [0.3, 0.4) is 0 Å². The second-order valence-electron chi connectivity index (χ2n) is 8.09. The van der Waals surface area contributed by atoms with Crippen molar-refractivity contribution in [2.24, 2.45) is 0 Å². The highest BCUT2D eigenvalue weighted by molar-refractivity contribution is 5.67. The molecule has 0 aliphatic carbocycles. The van der Waals surface area contributed by atoms with Gasteiger partial charge in [0.25, 0.3) is 0 Å². The Morgan fingerprint density at radius 2 is 1.59 bits per heavy atom. The molecule has 4 atom stereocenters. The maximum absolute atomic E-state index is 10.7. The van der Waals surface area contributed by atoms with Crippen molar-refractivity contribution in [1.29, 1.82) is 0 Å². The average Bonchev–Trinajstić information content (AvgIpc) is 3.18. The minimum Gasteiger partial charge on any atom is -0.481 e. The van der Waals surface area contributed by atoms with Gasteiger partial charge < -0.3 is 9.84 Å². The molecule has 0 amide bonds. The highest BCUT2D eigenvalue weighted by Gasteiger charge is 2.36. The number of carbonyl (C=O) groups is 1. The molecule has 5 nitrogen and oxygen atoms in total. The number of allylic oxidation sites excluding steroid dienone is 6. The Morgan fingerprint density at radius 3 is 2.34 bits per heavy atom. The minimum atomic E-state index is -0.845. The Bertz CT molecular complexity index is 531. The molecule has 2 fully saturated rings. The molecule has 29 heavy (non-hydrogen) atoms. The van der Waals surface area contributed by atoms with Gasteiger partial charge in [-0.05, 0) is 51.9 Å². The van der Waals surface area contributed by atoms with Crippen LogP contribution >= 0.6 is 0 Å². The summed E-state index contributed by atoms with van der Waals surface area (Å²) in [6.45, 7) is 2.02.